The summed E-state index contributed by atoms with van der Waals surface area (Å²) in [6.07, 6.45) is 4.19. The number of pyridine rings is 1. The van der Waals surface area contributed by atoms with Crippen molar-refractivity contribution in [2.75, 3.05) is 0 Å². The second-order valence-corrected chi connectivity index (χ2v) is 8.27. The fourth-order valence-corrected chi connectivity index (χ4v) is 4.19. The van der Waals surface area contributed by atoms with Crippen LogP contribution in [0.15, 0.2) is 84.1 Å². The second-order valence-electron chi connectivity index (χ2n) is 7.33. The van der Waals surface area contributed by atoms with Crippen LogP contribution in [0.5, 0.6) is 5.75 Å². The third-order valence-electron chi connectivity index (χ3n) is 5.02. The standard InChI is InChI=1S/C24H22N4OS/c1-2-7-21(8-3-1)28-23(19-11-12-19)26-27-24(28)30-17-18-9-13-22(14-10-18)29-16-20-6-4-5-15-25-20/h1-10,13-15,19H,11-12,16-17H2. The Hall–Kier alpha value is -3.12. The van der Waals surface area contributed by atoms with E-state index in [1.807, 2.05) is 36.4 Å². The number of aromatic nitrogens is 4. The van der Waals surface area contributed by atoms with Gasteiger partial charge in [0.2, 0.25) is 0 Å². The average molecular weight is 415 g/mol. The van der Waals surface area contributed by atoms with E-state index in [1.54, 1.807) is 18.0 Å². The largest absolute Gasteiger partial charge is 0.487 e. The Morgan fingerprint density at radius 1 is 0.900 bits per heavy atom. The molecule has 0 radical (unpaired) electrons. The van der Waals surface area contributed by atoms with E-state index in [0.717, 1.165) is 33.9 Å². The fourth-order valence-electron chi connectivity index (χ4n) is 3.27. The smallest absolute Gasteiger partial charge is 0.196 e. The number of benzene rings is 2. The number of rotatable bonds is 8. The Morgan fingerprint density at radius 2 is 1.70 bits per heavy atom. The van der Waals surface area contributed by atoms with Crippen LogP contribution in [0.3, 0.4) is 0 Å². The van der Waals surface area contributed by atoms with E-state index < -0.39 is 0 Å². The number of thioether (sulfide) groups is 1. The molecule has 0 atom stereocenters. The van der Waals surface area contributed by atoms with Gasteiger partial charge in [0.15, 0.2) is 5.16 Å². The average Bonchev–Trinajstić information content (AvgIpc) is 3.57. The molecule has 1 fully saturated rings. The van der Waals surface area contributed by atoms with Gasteiger partial charge in [0.1, 0.15) is 18.2 Å². The topological polar surface area (TPSA) is 52.8 Å². The molecule has 30 heavy (non-hydrogen) atoms. The summed E-state index contributed by atoms with van der Waals surface area (Å²) >= 11 is 1.72. The molecule has 2 heterocycles. The van der Waals surface area contributed by atoms with Gasteiger partial charge in [-0.15, -0.1) is 10.2 Å². The SMILES string of the molecule is c1ccc(-n2c(SCc3ccc(OCc4ccccn4)cc3)nnc2C2CC2)cc1. The zero-order valence-corrected chi connectivity index (χ0v) is 17.3. The monoisotopic (exact) mass is 414 g/mol. The van der Waals surface area contributed by atoms with Gasteiger partial charge in [0.25, 0.3) is 0 Å². The normalized spacial score (nSPS) is 13.3. The summed E-state index contributed by atoms with van der Waals surface area (Å²) in [6.45, 7) is 0.471. The molecule has 4 aromatic rings. The van der Waals surface area contributed by atoms with E-state index in [9.17, 15) is 0 Å². The van der Waals surface area contributed by atoms with Crippen LogP contribution in [0.1, 0.15) is 35.8 Å². The van der Waals surface area contributed by atoms with Gasteiger partial charge in [-0.1, -0.05) is 48.2 Å². The summed E-state index contributed by atoms with van der Waals surface area (Å²) in [4.78, 5) is 4.28. The molecule has 5 nitrogen and oxygen atoms in total. The van der Waals surface area contributed by atoms with Crippen LogP contribution in [0.2, 0.25) is 0 Å². The first kappa shape index (κ1) is 18.9. The van der Waals surface area contributed by atoms with Gasteiger partial charge in [-0.05, 0) is 54.8 Å². The summed E-state index contributed by atoms with van der Waals surface area (Å²) in [5.74, 6) is 3.30. The van der Waals surface area contributed by atoms with Gasteiger partial charge < -0.3 is 4.74 Å². The molecular weight excluding hydrogens is 392 g/mol. The number of nitrogens with zero attached hydrogens (tertiary/aromatic N) is 4. The lowest BCUT2D eigenvalue weighted by molar-refractivity contribution is 0.301. The molecule has 0 unspecified atom stereocenters. The van der Waals surface area contributed by atoms with Gasteiger partial charge in [0.05, 0.1) is 5.69 Å². The molecule has 0 saturated heterocycles. The van der Waals surface area contributed by atoms with Gasteiger partial charge in [0, 0.05) is 23.6 Å². The second kappa shape index (κ2) is 8.71. The highest BCUT2D eigenvalue weighted by atomic mass is 32.2. The van der Waals surface area contributed by atoms with Crippen LogP contribution >= 0.6 is 11.8 Å². The molecule has 2 aromatic heterocycles. The first-order valence-electron chi connectivity index (χ1n) is 10.1. The molecule has 1 aliphatic carbocycles. The third kappa shape index (κ3) is 4.39. The summed E-state index contributed by atoms with van der Waals surface area (Å²) in [5.41, 5.74) is 3.27. The van der Waals surface area contributed by atoms with E-state index >= 15 is 0 Å². The zero-order chi connectivity index (χ0) is 20.2. The van der Waals surface area contributed by atoms with Crippen molar-refractivity contribution in [1.29, 1.82) is 0 Å². The maximum atomic E-state index is 5.83. The maximum absolute atomic E-state index is 5.83. The van der Waals surface area contributed by atoms with E-state index in [-0.39, 0.29) is 0 Å². The van der Waals surface area contributed by atoms with E-state index in [2.05, 4.69) is 56.1 Å². The first-order chi connectivity index (χ1) is 14.9. The van der Waals surface area contributed by atoms with Crippen molar-refractivity contribution < 1.29 is 4.74 Å². The predicted octanol–water partition coefficient (Wildman–Crippen LogP) is 5.41. The minimum absolute atomic E-state index is 0.471. The van der Waals surface area contributed by atoms with Crippen molar-refractivity contribution in [3.8, 4) is 11.4 Å². The summed E-state index contributed by atoms with van der Waals surface area (Å²) in [5, 5.41) is 9.94. The Balaban J connectivity index is 1.25. The summed E-state index contributed by atoms with van der Waals surface area (Å²) < 4.78 is 8.04. The Bertz CT molecular complexity index is 1090. The third-order valence-corrected chi connectivity index (χ3v) is 6.02. The van der Waals surface area contributed by atoms with Crippen molar-refractivity contribution in [3.05, 3.63) is 96.1 Å². The van der Waals surface area contributed by atoms with Crippen molar-refractivity contribution in [1.82, 2.24) is 19.7 Å². The molecule has 0 bridgehead atoms. The minimum atomic E-state index is 0.471. The van der Waals surface area contributed by atoms with Crippen molar-refractivity contribution in [3.63, 3.8) is 0 Å². The van der Waals surface area contributed by atoms with Crippen molar-refractivity contribution in [2.24, 2.45) is 0 Å². The molecule has 0 aliphatic heterocycles. The number of ether oxygens (including phenoxy) is 1. The lowest BCUT2D eigenvalue weighted by Gasteiger charge is -2.10. The minimum Gasteiger partial charge on any atom is -0.487 e. The van der Waals surface area contributed by atoms with Crippen LogP contribution < -0.4 is 4.74 Å². The maximum Gasteiger partial charge on any atom is 0.196 e. The highest BCUT2D eigenvalue weighted by Gasteiger charge is 2.30. The van der Waals surface area contributed by atoms with E-state index in [4.69, 9.17) is 4.74 Å². The predicted molar refractivity (Wildman–Crippen MR) is 118 cm³/mol. The van der Waals surface area contributed by atoms with Crippen LogP contribution in [0.25, 0.3) is 5.69 Å². The van der Waals surface area contributed by atoms with Crippen LogP contribution in [0, 0.1) is 0 Å². The van der Waals surface area contributed by atoms with E-state index in [1.165, 1.54) is 18.4 Å². The molecule has 1 aliphatic rings. The molecule has 6 heteroatoms. The molecule has 1 saturated carbocycles. The van der Waals surface area contributed by atoms with E-state index in [0.29, 0.717) is 12.5 Å². The highest BCUT2D eigenvalue weighted by Crippen LogP contribution is 2.41. The molecular formula is C24H22N4OS. The molecule has 5 rings (SSSR count). The molecule has 0 spiro atoms. The molecule has 0 N–H and O–H groups in total. The number of para-hydroxylation sites is 1. The quantitative estimate of drug-likeness (QED) is 0.361. The molecule has 150 valence electrons. The Morgan fingerprint density at radius 3 is 2.43 bits per heavy atom. The van der Waals surface area contributed by atoms with Gasteiger partial charge in [-0.25, -0.2) is 0 Å². The molecule has 2 aromatic carbocycles. The zero-order valence-electron chi connectivity index (χ0n) is 16.5. The lowest BCUT2D eigenvalue weighted by atomic mass is 10.2. The van der Waals surface area contributed by atoms with Crippen molar-refractivity contribution in [2.45, 2.75) is 36.3 Å². The van der Waals surface area contributed by atoms with Crippen molar-refractivity contribution >= 4 is 11.8 Å². The summed E-state index contributed by atoms with van der Waals surface area (Å²) in [6, 6.07) is 24.5. The lowest BCUT2D eigenvalue weighted by Crippen LogP contribution is -2.01. The van der Waals surface area contributed by atoms with Gasteiger partial charge in [-0.3, -0.25) is 9.55 Å². The van der Waals surface area contributed by atoms with Crippen LogP contribution in [-0.4, -0.2) is 19.7 Å². The Labute approximate surface area is 180 Å². The van der Waals surface area contributed by atoms with Gasteiger partial charge >= 0.3 is 0 Å². The fraction of sp³-hybridized carbons (Fsp3) is 0.208. The van der Waals surface area contributed by atoms with Crippen LogP contribution in [0.4, 0.5) is 0 Å². The molecule has 0 amide bonds. The Kier molecular flexibility index (Phi) is 5.48. The highest BCUT2D eigenvalue weighted by molar-refractivity contribution is 7.98. The van der Waals surface area contributed by atoms with Crippen LogP contribution in [-0.2, 0) is 12.4 Å². The first-order valence-corrected chi connectivity index (χ1v) is 11.1. The van der Waals surface area contributed by atoms with Gasteiger partial charge in [-0.2, -0.15) is 0 Å². The number of hydrogen-bond donors (Lipinski definition) is 0. The summed E-state index contributed by atoms with van der Waals surface area (Å²) in [7, 11) is 0. The number of hydrogen-bond acceptors (Lipinski definition) is 5.